The minimum atomic E-state index is 0.508. The first-order valence-corrected chi connectivity index (χ1v) is 8.19. The molecule has 0 unspecified atom stereocenters. The number of hydrogen-bond donors (Lipinski definition) is 0. The third-order valence-electron chi connectivity index (χ3n) is 5.21. The Morgan fingerprint density at radius 3 is 2.43 bits per heavy atom. The average Bonchev–Trinajstić information content (AvgIpc) is 3.10. The fourth-order valence-electron chi connectivity index (χ4n) is 3.64. The third-order valence-corrected chi connectivity index (χ3v) is 5.21. The molecule has 1 saturated carbocycles. The van der Waals surface area contributed by atoms with Crippen molar-refractivity contribution >= 4 is 0 Å². The summed E-state index contributed by atoms with van der Waals surface area (Å²) in [5.41, 5.74) is 7.83. The quantitative estimate of drug-likeness (QED) is 0.794. The van der Waals surface area contributed by atoms with Gasteiger partial charge in [0.15, 0.2) is 0 Å². The summed E-state index contributed by atoms with van der Waals surface area (Å²) in [4.78, 5) is 4.58. The number of aromatic nitrogens is 1. The molecule has 0 bridgehead atoms. The molecule has 1 heterocycles. The molecule has 2 aromatic rings. The summed E-state index contributed by atoms with van der Waals surface area (Å²) >= 11 is 0. The highest BCUT2D eigenvalue weighted by atomic mass is 14.7. The fraction of sp³-hybridized carbons (Fsp3) is 0.450. The fourth-order valence-corrected chi connectivity index (χ4v) is 3.64. The van der Waals surface area contributed by atoms with Crippen molar-refractivity contribution in [1.29, 1.82) is 0 Å². The van der Waals surface area contributed by atoms with E-state index >= 15 is 0 Å². The second kappa shape index (κ2) is 4.69. The van der Waals surface area contributed by atoms with Gasteiger partial charge in [0.05, 0.1) is 0 Å². The second-order valence-corrected chi connectivity index (χ2v) is 7.38. The molecule has 4 rings (SSSR count). The molecule has 21 heavy (non-hydrogen) atoms. The molecule has 0 saturated heterocycles. The smallest absolute Gasteiger partial charge is 0.0429 e. The molecular weight excluding hydrogens is 254 g/mol. The molecule has 2 aliphatic carbocycles. The molecule has 0 radical (unpaired) electrons. The van der Waals surface area contributed by atoms with Gasteiger partial charge in [-0.1, -0.05) is 38.1 Å². The van der Waals surface area contributed by atoms with Crippen molar-refractivity contribution in [2.75, 3.05) is 0 Å². The molecule has 1 aromatic heterocycles. The highest BCUT2D eigenvalue weighted by Crippen LogP contribution is 2.55. The van der Waals surface area contributed by atoms with Gasteiger partial charge in [-0.2, -0.15) is 0 Å². The van der Waals surface area contributed by atoms with Crippen molar-refractivity contribution < 1.29 is 0 Å². The van der Waals surface area contributed by atoms with Crippen LogP contribution in [-0.2, 0) is 19.3 Å². The van der Waals surface area contributed by atoms with E-state index in [1.807, 2.05) is 6.20 Å². The lowest BCUT2D eigenvalue weighted by Gasteiger charge is -2.07. The minimum absolute atomic E-state index is 0.508. The monoisotopic (exact) mass is 277 g/mol. The van der Waals surface area contributed by atoms with Crippen molar-refractivity contribution in [2.24, 2.45) is 5.41 Å². The Morgan fingerprint density at radius 1 is 1.00 bits per heavy atom. The van der Waals surface area contributed by atoms with Gasteiger partial charge in [0, 0.05) is 11.9 Å². The van der Waals surface area contributed by atoms with E-state index in [1.54, 1.807) is 11.1 Å². The Bertz CT molecular complexity index is 663. The highest BCUT2D eigenvalue weighted by Gasteiger charge is 2.46. The molecule has 1 heteroatoms. The van der Waals surface area contributed by atoms with Gasteiger partial charge in [-0.15, -0.1) is 0 Å². The normalized spacial score (nSPS) is 18.2. The molecule has 1 nitrogen and oxygen atoms in total. The van der Waals surface area contributed by atoms with Gasteiger partial charge in [0.1, 0.15) is 0 Å². The number of hydrogen-bond acceptors (Lipinski definition) is 1. The maximum atomic E-state index is 4.58. The van der Waals surface area contributed by atoms with Crippen LogP contribution in [0.5, 0.6) is 0 Å². The van der Waals surface area contributed by atoms with E-state index in [0.29, 0.717) is 11.3 Å². The lowest BCUT2D eigenvalue weighted by atomic mass is 10.0. The minimum Gasteiger partial charge on any atom is -0.261 e. The van der Waals surface area contributed by atoms with Gasteiger partial charge in [-0.05, 0) is 71.8 Å². The number of nitrogens with zero attached hydrogens (tertiary/aromatic N) is 1. The Labute approximate surface area is 127 Å². The van der Waals surface area contributed by atoms with Gasteiger partial charge in [0.25, 0.3) is 0 Å². The maximum absolute atomic E-state index is 4.58. The molecule has 1 fully saturated rings. The summed E-state index contributed by atoms with van der Waals surface area (Å²) in [5.74, 6) is 0.508. The molecule has 2 aliphatic rings. The van der Waals surface area contributed by atoms with Crippen LogP contribution in [0.1, 0.15) is 60.6 Å². The summed E-state index contributed by atoms with van der Waals surface area (Å²) in [6, 6.07) is 11.5. The van der Waals surface area contributed by atoms with Crippen LogP contribution in [0.3, 0.4) is 0 Å². The van der Waals surface area contributed by atoms with Crippen LogP contribution in [-0.4, -0.2) is 4.98 Å². The van der Waals surface area contributed by atoms with Gasteiger partial charge < -0.3 is 0 Å². The Kier molecular flexibility index (Phi) is 2.92. The van der Waals surface area contributed by atoms with Crippen LogP contribution in [0, 0.1) is 5.41 Å². The summed E-state index contributed by atoms with van der Waals surface area (Å²) < 4.78 is 0. The zero-order valence-electron chi connectivity index (χ0n) is 13.0. The number of fused-ring (bicyclic) bond motifs is 1. The molecule has 0 atom stereocenters. The van der Waals surface area contributed by atoms with Crippen molar-refractivity contribution in [3.05, 3.63) is 64.5 Å². The summed E-state index contributed by atoms with van der Waals surface area (Å²) in [6.07, 6.45) is 8.58. The number of benzene rings is 1. The topological polar surface area (TPSA) is 12.9 Å². The van der Waals surface area contributed by atoms with E-state index in [9.17, 15) is 0 Å². The van der Waals surface area contributed by atoms with E-state index in [-0.39, 0.29) is 0 Å². The lowest BCUT2D eigenvalue weighted by Crippen LogP contribution is -1.96. The van der Waals surface area contributed by atoms with Gasteiger partial charge in [0.2, 0.25) is 0 Å². The first-order chi connectivity index (χ1) is 10.1. The molecule has 1 aromatic carbocycles. The van der Waals surface area contributed by atoms with E-state index in [0.717, 1.165) is 6.42 Å². The molecule has 108 valence electrons. The molecule has 0 amide bonds. The van der Waals surface area contributed by atoms with Crippen molar-refractivity contribution in [2.45, 2.75) is 51.9 Å². The first kappa shape index (κ1) is 13.1. The highest BCUT2D eigenvalue weighted by molar-refractivity contribution is 5.41. The van der Waals surface area contributed by atoms with E-state index in [2.05, 4.69) is 49.2 Å². The van der Waals surface area contributed by atoms with E-state index in [4.69, 9.17) is 0 Å². The van der Waals surface area contributed by atoms with Gasteiger partial charge in [-0.25, -0.2) is 0 Å². The summed E-state index contributed by atoms with van der Waals surface area (Å²) in [6.45, 7) is 4.38. The van der Waals surface area contributed by atoms with Crippen LogP contribution in [0.15, 0.2) is 36.5 Å². The van der Waals surface area contributed by atoms with Crippen LogP contribution in [0.2, 0.25) is 0 Å². The largest absolute Gasteiger partial charge is 0.261 e. The van der Waals surface area contributed by atoms with Crippen LogP contribution in [0.25, 0.3) is 0 Å². The zero-order valence-corrected chi connectivity index (χ0v) is 13.0. The first-order valence-electron chi connectivity index (χ1n) is 8.19. The summed E-state index contributed by atoms with van der Waals surface area (Å²) in [5, 5.41) is 0. The molecule has 0 N–H and O–H groups in total. The molecule has 1 spiro atoms. The maximum Gasteiger partial charge on any atom is 0.0429 e. The number of pyridine rings is 1. The Morgan fingerprint density at radius 2 is 1.76 bits per heavy atom. The van der Waals surface area contributed by atoms with Crippen LogP contribution >= 0.6 is 0 Å². The molecule has 0 aliphatic heterocycles. The van der Waals surface area contributed by atoms with Crippen molar-refractivity contribution in [3.8, 4) is 0 Å². The standard InChI is InChI=1S/C20H23N/c1-14(2)19-6-4-16(13-21-19)9-15-3-5-17-11-20(7-8-20)12-18(17)10-15/h3-6,10,13-14H,7-9,11-12H2,1-2H3. The number of rotatable bonds is 3. The van der Waals surface area contributed by atoms with Crippen LogP contribution in [0.4, 0.5) is 0 Å². The third kappa shape index (κ3) is 2.50. The Hall–Kier alpha value is -1.63. The Balaban J connectivity index is 1.52. The van der Waals surface area contributed by atoms with Crippen molar-refractivity contribution in [3.63, 3.8) is 0 Å². The van der Waals surface area contributed by atoms with E-state index < -0.39 is 0 Å². The molecular formula is C20H23N. The van der Waals surface area contributed by atoms with Gasteiger partial charge in [-0.3, -0.25) is 4.98 Å². The second-order valence-electron chi connectivity index (χ2n) is 7.38. The van der Waals surface area contributed by atoms with Crippen LogP contribution < -0.4 is 0 Å². The SMILES string of the molecule is CC(C)c1ccc(Cc2ccc3c(c2)CC2(CC2)C3)cn1. The summed E-state index contributed by atoms with van der Waals surface area (Å²) in [7, 11) is 0. The lowest BCUT2D eigenvalue weighted by molar-refractivity contribution is 0.549. The predicted octanol–water partition coefficient (Wildman–Crippen LogP) is 4.67. The van der Waals surface area contributed by atoms with Gasteiger partial charge >= 0.3 is 0 Å². The zero-order chi connectivity index (χ0) is 14.4. The predicted molar refractivity (Wildman–Crippen MR) is 86.6 cm³/mol. The van der Waals surface area contributed by atoms with E-state index in [1.165, 1.54) is 42.5 Å². The average molecular weight is 277 g/mol. The van der Waals surface area contributed by atoms with Crippen molar-refractivity contribution in [1.82, 2.24) is 4.98 Å².